The van der Waals surface area contributed by atoms with E-state index in [1.807, 2.05) is 0 Å². The zero-order valence-corrected chi connectivity index (χ0v) is 7.67. The third-order valence-corrected chi connectivity index (χ3v) is 2.00. The van der Waals surface area contributed by atoms with Gasteiger partial charge in [0.15, 0.2) is 0 Å². The van der Waals surface area contributed by atoms with E-state index in [-0.39, 0.29) is 6.04 Å². The summed E-state index contributed by atoms with van der Waals surface area (Å²) in [5.41, 5.74) is -0.629. The molecule has 2 nitrogen and oxygen atoms in total. The van der Waals surface area contributed by atoms with Crippen molar-refractivity contribution in [1.82, 2.24) is 5.32 Å². The Kier molecular flexibility index (Phi) is 2.98. The molecular formula is C9H11F3N2. The number of nitrogens with zero attached hydrogens (tertiary/aromatic N) is 1. The lowest BCUT2D eigenvalue weighted by Gasteiger charge is -2.13. The molecular weight excluding hydrogens is 193 g/mol. The van der Waals surface area contributed by atoms with E-state index in [1.54, 1.807) is 0 Å². The molecule has 1 heterocycles. The van der Waals surface area contributed by atoms with Crippen molar-refractivity contribution in [2.75, 3.05) is 0 Å². The van der Waals surface area contributed by atoms with Crippen molar-refractivity contribution in [3.63, 3.8) is 0 Å². The maximum Gasteiger partial charge on any atom is 0.412 e. The Hall–Kier alpha value is -1.26. The maximum absolute atomic E-state index is 12.2. The molecule has 0 aliphatic carbocycles. The molecule has 0 aromatic carbocycles. The summed E-state index contributed by atoms with van der Waals surface area (Å²) in [6.45, 7) is 4.55. The van der Waals surface area contributed by atoms with Crippen LogP contribution in [0.4, 0.5) is 13.2 Å². The highest BCUT2D eigenvalue weighted by molar-refractivity contribution is 5.60. The lowest BCUT2D eigenvalue weighted by atomic mass is 10.1. The summed E-state index contributed by atoms with van der Waals surface area (Å²) in [4.78, 5) is 3.86. The normalized spacial score (nSPS) is 27.6. The quantitative estimate of drug-likeness (QED) is 0.684. The average Bonchev–Trinajstić information content (AvgIpc) is 2.50. The SMILES string of the molecule is C=CC1NC=NC1/C=C(\C)C(F)(F)F. The molecule has 0 saturated carbocycles. The van der Waals surface area contributed by atoms with Crippen LogP contribution in [-0.2, 0) is 0 Å². The van der Waals surface area contributed by atoms with Crippen LogP contribution >= 0.6 is 0 Å². The zero-order valence-electron chi connectivity index (χ0n) is 7.67. The largest absolute Gasteiger partial charge is 0.412 e. The number of alkyl halides is 3. The van der Waals surface area contributed by atoms with Gasteiger partial charge in [-0.25, -0.2) is 0 Å². The number of allylic oxidation sites excluding steroid dienone is 1. The molecule has 2 atom stereocenters. The van der Waals surface area contributed by atoms with E-state index in [0.717, 1.165) is 13.0 Å². The molecule has 1 aliphatic rings. The Balaban J connectivity index is 2.76. The average molecular weight is 204 g/mol. The molecule has 0 bridgehead atoms. The summed E-state index contributed by atoms with van der Waals surface area (Å²) in [5, 5.41) is 2.79. The second-order valence-electron chi connectivity index (χ2n) is 3.04. The Morgan fingerprint density at radius 3 is 2.71 bits per heavy atom. The summed E-state index contributed by atoms with van der Waals surface area (Å²) in [7, 11) is 0. The first-order valence-corrected chi connectivity index (χ1v) is 4.11. The first kappa shape index (κ1) is 10.8. The molecule has 0 fully saturated rings. The number of hydrogen-bond donors (Lipinski definition) is 1. The first-order chi connectivity index (χ1) is 6.45. The van der Waals surface area contributed by atoms with E-state index < -0.39 is 17.8 Å². The molecule has 1 N–H and O–H groups in total. The van der Waals surface area contributed by atoms with Crippen LogP contribution in [0.3, 0.4) is 0 Å². The molecule has 1 aliphatic heterocycles. The molecule has 0 radical (unpaired) electrons. The molecule has 1 rings (SSSR count). The monoisotopic (exact) mass is 204 g/mol. The number of nitrogens with one attached hydrogen (secondary N) is 1. The minimum Gasteiger partial charge on any atom is -0.368 e. The van der Waals surface area contributed by atoms with Gasteiger partial charge in [0.05, 0.1) is 18.4 Å². The summed E-state index contributed by atoms with van der Waals surface area (Å²) in [6, 6.07) is -0.749. The van der Waals surface area contributed by atoms with E-state index in [0.29, 0.717) is 0 Å². The van der Waals surface area contributed by atoms with Gasteiger partial charge in [-0.1, -0.05) is 6.08 Å². The second kappa shape index (κ2) is 3.86. The van der Waals surface area contributed by atoms with Crippen LogP contribution in [0.2, 0.25) is 0 Å². The van der Waals surface area contributed by atoms with Gasteiger partial charge in [-0.2, -0.15) is 13.2 Å². The molecule has 0 aromatic heterocycles. The van der Waals surface area contributed by atoms with E-state index in [1.165, 1.54) is 12.4 Å². The molecule has 14 heavy (non-hydrogen) atoms. The van der Waals surface area contributed by atoms with Gasteiger partial charge in [0.25, 0.3) is 0 Å². The van der Waals surface area contributed by atoms with Crippen molar-refractivity contribution >= 4 is 6.34 Å². The third-order valence-electron chi connectivity index (χ3n) is 2.00. The van der Waals surface area contributed by atoms with Crippen LogP contribution in [0, 0.1) is 0 Å². The van der Waals surface area contributed by atoms with Crippen LogP contribution in [-0.4, -0.2) is 24.6 Å². The standard InChI is InChI=1S/C9H11F3N2/c1-3-7-8(14-5-13-7)4-6(2)9(10,11)12/h3-5,7-8H,1H2,2H3,(H,13,14)/b6-4+. The Morgan fingerprint density at radius 2 is 2.21 bits per heavy atom. The predicted molar refractivity (Wildman–Crippen MR) is 49.2 cm³/mol. The van der Waals surface area contributed by atoms with E-state index in [2.05, 4.69) is 16.9 Å². The third kappa shape index (κ3) is 2.37. The van der Waals surface area contributed by atoms with Gasteiger partial charge in [0, 0.05) is 5.57 Å². The van der Waals surface area contributed by atoms with Crippen molar-refractivity contribution in [3.8, 4) is 0 Å². The van der Waals surface area contributed by atoms with Crippen molar-refractivity contribution in [2.45, 2.75) is 25.2 Å². The van der Waals surface area contributed by atoms with Crippen LogP contribution in [0.25, 0.3) is 0 Å². The molecule has 0 amide bonds. The summed E-state index contributed by atoms with van der Waals surface area (Å²) < 4.78 is 36.5. The van der Waals surface area contributed by atoms with Crippen molar-refractivity contribution < 1.29 is 13.2 Å². The highest BCUT2D eigenvalue weighted by atomic mass is 19.4. The molecule has 0 aromatic rings. The van der Waals surface area contributed by atoms with Crippen LogP contribution < -0.4 is 5.32 Å². The van der Waals surface area contributed by atoms with Crippen LogP contribution in [0.1, 0.15) is 6.92 Å². The highest BCUT2D eigenvalue weighted by Gasteiger charge is 2.31. The summed E-state index contributed by atoms with van der Waals surface area (Å²) >= 11 is 0. The second-order valence-corrected chi connectivity index (χ2v) is 3.04. The van der Waals surface area contributed by atoms with Gasteiger partial charge in [0.1, 0.15) is 0 Å². The number of hydrogen-bond acceptors (Lipinski definition) is 2. The van der Waals surface area contributed by atoms with Gasteiger partial charge in [0.2, 0.25) is 0 Å². The Labute approximate surface area is 80.2 Å². The fourth-order valence-electron chi connectivity index (χ4n) is 1.11. The fourth-order valence-corrected chi connectivity index (χ4v) is 1.11. The zero-order chi connectivity index (χ0) is 10.8. The minimum absolute atomic E-state index is 0.243. The van der Waals surface area contributed by atoms with Gasteiger partial charge in [-0.15, -0.1) is 6.58 Å². The molecule has 78 valence electrons. The lowest BCUT2D eigenvalue weighted by molar-refractivity contribution is -0.0916. The molecule has 2 unspecified atom stereocenters. The first-order valence-electron chi connectivity index (χ1n) is 4.11. The van der Waals surface area contributed by atoms with Crippen molar-refractivity contribution in [1.29, 1.82) is 0 Å². The number of rotatable bonds is 2. The highest BCUT2D eigenvalue weighted by Crippen LogP contribution is 2.26. The minimum atomic E-state index is -4.27. The van der Waals surface area contributed by atoms with Gasteiger partial charge in [-0.3, -0.25) is 4.99 Å². The molecule has 0 saturated heterocycles. The van der Waals surface area contributed by atoms with Crippen molar-refractivity contribution in [2.24, 2.45) is 4.99 Å². The topological polar surface area (TPSA) is 24.4 Å². The smallest absolute Gasteiger partial charge is 0.368 e. The van der Waals surface area contributed by atoms with E-state index in [4.69, 9.17) is 0 Å². The van der Waals surface area contributed by atoms with Crippen LogP contribution in [0.5, 0.6) is 0 Å². The predicted octanol–water partition coefficient (Wildman–Crippen LogP) is 2.05. The van der Waals surface area contributed by atoms with E-state index >= 15 is 0 Å². The summed E-state index contributed by atoms with van der Waals surface area (Å²) in [6.07, 6.45) is -0.234. The van der Waals surface area contributed by atoms with Gasteiger partial charge < -0.3 is 5.32 Å². The van der Waals surface area contributed by atoms with Gasteiger partial charge in [-0.05, 0) is 13.0 Å². The summed E-state index contributed by atoms with van der Waals surface area (Å²) in [5.74, 6) is 0. The van der Waals surface area contributed by atoms with Crippen molar-refractivity contribution in [3.05, 3.63) is 24.3 Å². The molecule has 5 heteroatoms. The fraction of sp³-hybridized carbons (Fsp3) is 0.444. The Morgan fingerprint density at radius 1 is 1.57 bits per heavy atom. The van der Waals surface area contributed by atoms with Gasteiger partial charge >= 0.3 is 6.18 Å². The van der Waals surface area contributed by atoms with E-state index in [9.17, 15) is 13.2 Å². The lowest BCUT2D eigenvalue weighted by Crippen LogP contribution is -2.28. The Bertz CT molecular complexity index is 278. The number of aliphatic imine (C=N–C) groups is 1. The maximum atomic E-state index is 12.2. The number of halogens is 3. The molecule has 0 spiro atoms. The van der Waals surface area contributed by atoms with Crippen LogP contribution in [0.15, 0.2) is 29.3 Å².